The summed E-state index contributed by atoms with van der Waals surface area (Å²) in [7, 11) is 0. The van der Waals surface area contributed by atoms with Gasteiger partial charge in [-0.15, -0.1) is 16.6 Å². The van der Waals surface area contributed by atoms with Crippen LogP contribution in [0.5, 0.6) is 0 Å². The zero-order valence-corrected chi connectivity index (χ0v) is 15.8. The topological polar surface area (TPSA) is 41.8 Å². The summed E-state index contributed by atoms with van der Waals surface area (Å²) in [6.07, 6.45) is 0. The lowest BCUT2D eigenvalue weighted by atomic mass is 10.2. The number of amides is 2. The Bertz CT molecular complexity index is 707. The van der Waals surface area contributed by atoms with Crippen molar-refractivity contribution in [3.63, 3.8) is 0 Å². The number of para-hydroxylation sites is 1. The molecule has 0 bridgehead atoms. The summed E-state index contributed by atoms with van der Waals surface area (Å²) >= 11 is 23.4. The maximum absolute atomic E-state index is 12.8. The Morgan fingerprint density at radius 2 is 1.54 bits per heavy atom. The summed E-state index contributed by atoms with van der Waals surface area (Å²) in [6, 6.07) is 13.0. The van der Waals surface area contributed by atoms with Gasteiger partial charge in [0.1, 0.15) is 5.88 Å². The first-order valence-corrected chi connectivity index (χ1v) is 8.04. The van der Waals surface area contributed by atoms with Crippen LogP contribution >= 0.6 is 46.6 Å². The third-order valence-electron chi connectivity index (χ3n) is 2.92. The van der Waals surface area contributed by atoms with E-state index in [2.05, 4.69) is 0 Å². The molecular formula is C15H11Cl5N2O2. The van der Waals surface area contributed by atoms with E-state index < -0.39 is 11.8 Å². The molecule has 0 aliphatic rings. The van der Waals surface area contributed by atoms with Crippen LogP contribution < -0.4 is 17.4 Å². The zero-order chi connectivity index (χ0) is 17.0. The number of hydrogen-bond acceptors (Lipinski definition) is 2. The van der Waals surface area contributed by atoms with Gasteiger partial charge in [0.2, 0.25) is 0 Å². The lowest BCUT2D eigenvalue weighted by Crippen LogP contribution is -3.15. The van der Waals surface area contributed by atoms with Gasteiger partial charge in [-0.2, -0.15) is 0 Å². The van der Waals surface area contributed by atoms with Gasteiger partial charge in [-0.3, -0.25) is 4.79 Å². The van der Waals surface area contributed by atoms with Crippen molar-refractivity contribution in [2.45, 2.75) is 0 Å². The molecular weight excluding hydrogens is 417 g/mol. The lowest BCUT2D eigenvalue weighted by Gasteiger charge is -2.22. The first kappa shape index (κ1) is 21.0. The highest BCUT2D eigenvalue weighted by molar-refractivity contribution is 6.35. The Balaban J connectivity index is 0.00000288. The van der Waals surface area contributed by atoms with Crippen molar-refractivity contribution in [3.8, 4) is 0 Å². The summed E-state index contributed by atoms with van der Waals surface area (Å²) in [4.78, 5) is 24.7. The minimum Gasteiger partial charge on any atom is -1.00 e. The largest absolute Gasteiger partial charge is 1.00 e. The van der Waals surface area contributed by atoms with Gasteiger partial charge < -0.3 is 12.4 Å². The Morgan fingerprint density at radius 3 is 2.04 bits per heavy atom. The van der Waals surface area contributed by atoms with Crippen molar-refractivity contribution in [1.82, 2.24) is 4.53 Å². The molecule has 9 heteroatoms. The Morgan fingerprint density at radius 1 is 1.00 bits per heavy atom. The number of hydrogen-bond donors (Lipinski definition) is 1. The van der Waals surface area contributed by atoms with Crippen LogP contribution in [0, 0.1) is 0 Å². The van der Waals surface area contributed by atoms with Crippen LogP contribution in [0.1, 0.15) is 10.4 Å². The van der Waals surface area contributed by atoms with E-state index in [1.54, 1.807) is 30.3 Å². The zero-order valence-electron chi connectivity index (χ0n) is 12.0. The number of benzene rings is 2. The fourth-order valence-electron chi connectivity index (χ4n) is 1.93. The number of carbonyl (C=O) groups is 2. The molecule has 1 unspecified atom stereocenters. The molecule has 0 aromatic heterocycles. The standard InChI is InChI=1S/C15H10Cl4N2O2.ClH/c16-9-14(22)21(19)20(13-4-2-1-3-5-13)15(23)10-6-11(17)8-12(18)7-10;/h1-8H,9H2;1H. The number of nitrogens with zero attached hydrogens (tertiary/aromatic N) is 1. The molecule has 1 atom stereocenters. The van der Waals surface area contributed by atoms with Gasteiger partial charge in [0.05, 0.1) is 17.3 Å². The van der Waals surface area contributed by atoms with Crippen molar-refractivity contribution in [3.05, 3.63) is 64.1 Å². The third-order valence-corrected chi connectivity index (χ3v) is 3.94. The highest BCUT2D eigenvalue weighted by Crippen LogP contribution is 2.19. The van der Waals surface area contributed by atoms with Gasteiger partial charge >= 0.3 is 11.8 Å². The second kappa shape index (κ2) is 9.47. The summed E-state index contributed by atoms with van der Waals surface area (Å²) < 4.78 is 0.722. The molecule has 0 aliphatic heterocycles. The molecule has 0 saturated heterocycles. The van der Waals surface area contributed by atoms with Gasteiger partial charge in [0.15, 0.2) is 5.69 Å². The van der Waals surface area contributed by atoms with Crippen molar-refractivity contribution < 1.29 is 27.0 Å². The molecule has 0 spiro atoms. The van der Waals surface area contributed by atoms with Crippen LogP contribution in [0.15, 0.2) is 48.5 Å². The SMILES string of the molecule is O=C(CCl)N(Cl)[NH+](C(=O)c1cc(Cl)cc(Cl)c1)c1ccccc1.[Cl-]. The van der Waals surface area contributed by atoms with E-state index in [-0.39, 0.29) is 28.9 Å². The molecule has 2 rings (SSSR count). The molecule has 4 nitrogen and oxygen atoms in total. The van der Waals surface area contributed by atoms with Crippen molar-refractivity contribution in [1.29, 1.82) is 0 Å². The molecule has 128 valence electrons. The van der Waals surface area contributed by atoms with Crippen LogP contribution in [-0.2, 0) is 4.79 Å². The van der Waals surface area contributed by atoms with E-state index in [9.17, 15) is 9.59 Å². The fraction of sp³-hybridized carbons (Fsp3) is 0.0667. The smallest absolute Gasteiger partial charge is 0.375 e. The van der Waals surface area contributed by atoms with Crippen LogP contribution in [0.3, 0.4) is 0 Å². The second-order valence-electron chi connectivity index (χ2n) is 4.51. The molecule has 24 heavy (non-hydrogen) atoms. The quantitative estimate of drug-likeness (QED) is 0.439. The third kappa shape index (κ3) is 4.99. The molecule has 0 saturated carbocycles. The average molecular weight is 429 g/mol. The minimum absolute atomic E-state index is 0. The number of quaternary nitrogens is 1. The Hall–Kier alpha value is -1.01. The van der Waals surface area contributed by atoms with E-state index in [0.29, 0.717) is 15.7 Å². The summed E-state index contributed by atoms with van der Waals surface area (Å²) in [6.45, 7) is 0. The van der Waals surface area contributed by atoms with Crippen LogP contribution in [0.25, 0.3) is 0 Å². The second-order valence-corrected chi connectivity index (χ2v) is 5.99. The van der Waals surface area contributed by atoms with Crippen LogP contribution in [0.2, 0.25) is 10.0 Å². The molecule has 2 aromatic carbocycles. The first-order chi connectivity index (χ1) is 10.9. The number of alkyl halides is 1. The van der Waals surface area contributed by atoms with E-state index in [0.717, 1.165) is 4.53 Å². The van der Waals surface area contributed by atoms with Crippen LogP contribution in [-0.4, -0.2) is 22.2 Å². The molecule has 0 fully saturated rings. The minimum atomic E-state index is -0.617. The number of nitrogens with one attached hydrogen (secondary N) is 1. The van der Waals surface area contributed by atoms with Crippen LogP contribution in [0.4, 0.5) is 5.69 Å². The van der Waals surface area contributed by atoms with Gasteiger partial charge in [-0.25, -0.2) is 4.79 Å². The molecule has 2 amide bonds. The predicted molar refractivity (Wildman–Crippen MR) is 91.3 cm³/mol. The van der Waals surface area contributed by atoms with Crippen molar-refractivity contribution in [2.75, 3.05) is 5.88 Å². The Labute approximate surface area is 165 Å². The van der Waals surface area contributed by atoms with Gasteiger partial charge in [-0.1, -0.05) is 45.9 Å². The summed E-state index contributed by atoms with van der Waals surface area (Å²) in [5.41, 5.74) is 0.691. The summed E-state index contributed by atoms with van der Waals surface area (Å²) in [5, 5.41) is 0.590. The van der Waals surface area contributed by atoms with Crippen molar-refractivity contribution >= 4 is 64.1 Å². The Kier molecular flexibility index (Phi) is 8.30. The van der Waals surface area contributed by atoms with Gasteiger partial charge in [0.25, 0.3) is 0 Å². The molecule has 0 aliphatic carbocycles. The molecule has 0 radical (unpaired) electrons. The highest BCUT2D eigenvalue weighted by Gasteiger charge is 2.34. The predicted octanol–water partition coefficient (Wildman–Crippen LogP) is 0.490. The number of rotatable bonds is 3. The molecule has 1 N–H and O–H groups in total. The molecule has 2 aromatic rings. The van der Waals surface area contributed by atoms with E-state index in [4.69, 9.17) is 46.6 Å². The highest BCUT2D eigenvalue weighted by atomic mass is 35.5. The van der Waals surface area contributed by atoms with E-state index in [1.165, 1.54) is 18.2 Å². The maximum atomic E-state index is 12.8. The monoisotopic (exact) mass is 426 g/mol. The average Bonchev–Trinajstić information content (AvgIpc) is 2.54. The fourth-order valence-corrected chi connectivity index (χ4v) is 2.87. The summed E-state index contributed by atoms with van der Waals surface area (Å²) in [5.74, 6) is -1.47. The van der Waals surface area contributed by atoms with Gasteiger partial charge in [-0.05, 0) is 18.2 Å². The van der Waals surface area contributed by atoms with Gasteiger partial charge in [0, 0.05) is 22.2 Å². The number of halogens is 5. The van der Waals surface area contributed by atoms with E-state index >= 15 is 0 Å². The lowest BCUT2D eigenvalue weighted by molar-refractivity contribution is -0.842. The van der Waals surface area contributed by atoms with Crippen molar-refractivity contribution in [2.24, 2.45) is 0 Å². The molecule has 0 heterocycles. The normalized spacial score (nSPS) is 11.3. The first-order valence-electron chi connectivity index (χ1n) is 6.42. The number of carbonyl (C=O) groups excluding carboxylic acids is 2. The maximum Gasteiger partial charge on any atom is 0.375 e. The van der Waals surface area contributed by atoms with E-state index in [1.807, 2.05) is 0 Å².